The van der Waals surface area contributed by atoms with Gasteiger partial charge < -0.3 is 15.2 Å². The number of thiazole rings is 1. The number of nitrogens with zero attached hydrogens (tertiary/aromatic N) is 6. The standard InChI is InChI=1S/C16H19N7S/c17-14-1-4-19-16(21-14)22-6-2-12(3-7-22)15-18-5-8-23(15)9-13-10-24-11-20-13/h1,4-5,8,10-12H,2-3,6-7,9H2,(H2,17,19,21). The Morgan fingerprint density at radius 2 is 2.04 bits per heavy atom. The number of piperidine rings is 1. The van der Waals surface area contributed by atoms with E-state index in [1.807, 2.05) is 17.9 Å². The summed E-state index contributed by atoms with van der Waals surface area (Å²) in [5, 5.41) is 2.09. The van der Waals surface area contributed by atoms with E-state index in [9.17, 15) is 0 Å². The monoisotopic (exact) mass is 341 g/mol. The maximum Gasteiger partial charge on any atom is 0.227 e. The molecule has 0 aliphatic carbocycles. The summed E-state index contributed by atoms with van der Waals surface area (Å²) in [7, 11) is 0. The van der Waals surface area contributed by atoms with Crippen LogP contribution < -0.4 is 10.6 Å². The topological polar surface area (TPSA) is 85.8 Å². The first-order valence-corrected chi connectivity index (χ1v) is 8.95. The van der Waals surface area contributed by atoms with Crippen LogP contribution in [0.15, 0.2) is 35.5 Å². The molecule has 1 saturated heterocycles. The first kappa shape index (κ1) is 15.1. The van der Waals surface area contributed by atoms with Crippen molar-refractivity contribution in [3.63, 3.8) is 0 Å². The molecule has 1 aliphatic heterocycles. The van der Waals surface area contributed by atoms with Gasteiger partial charge in [0, 0.05) is 43.0 Å². The van der Waals surface area contributed by atoms with Crippen LogP contribution >= 0.6 is 11.3 Å². The molecule has 0 saturated carbocycles. The van der Waals surface area contributed by atoms with Crippen molar-refractivity contribution in [2.75, 3.05) is 23.7 Å². The van der Waals surface area contributed by atoms with Gasteiger partial charge in [0.05, 0.1) is 17.7 Å². The molecule has 0 spiro atoms. The first-order chi connectivity index (χ1) is 11.8. The molecular formula is C16H19N7S. The molecule has 1 fully saturated rings. The third-order valence-corrected chi connectivity index (χ3v) is 5.01. The highest BCUT2D eigenvalue weighted by atomic mass is 32.1. The van der Waals surface area contributed by atoms with Crippen LogP contribution in [0.2, 0.25) is 0 Å². The highest BCUT2D eigenvalue weighted by Gasteiger charge is 2.25. The van der Waals surface area contributed by atoms with E-state index in [4.69, 9.17) is 5.73 Å². The van der Waals surface area contributed by atoms with E-state index in [1.165, 1.54) is 0 Å². The number of rotatable bonds is 4. The number of hydrogen-bond acceptors (Lipinski definition) is 7. The molecule has 0 unspecified atom stereocenters. The highest BCUT2D eigenvalue weighted by molar-refractivity contribution is 7.07. The second-order valence-electron chi connectivity index (χ2n) is 5.94. The molecule has 3 aromatic heterocycles. The zero-order valence-electron chi connectivity index (χ0n) is 13.2. The summed E-state index contributed by atoms with van der Waals surface area (Å²) in [6, 6.07) is 1.71. The molecule has 7 nitrogen and oxygen atoms in total. The number of imidazole rings is 1. The molecule has 1 aliphatic rings. The van der Waals surface area contributed by atoms with Crippen molar-refractivity contribution in [1.82, 2.24) is 24.5 Å². The van der Waals surface area contributed by atoms with Crippen molar-refractivity contribution in [3.05, 3.63) is 47.1 Å². The van der Waals surface area contributed by atoms with Gasteiger partial charge in [0.1, 0.15) is 11.6 Å². The molecule has 8 heteroatoms. The Bertz CT molecular complexity index is 790. The Hall–Kier alpha value is -2.48. The minimum Gasteiger partial charge on any atom is -0.384 e. The highest BCUT2D eigenvalue weighted by Crippen LogP contribution is 2.28. The molecule has 0 radical (unpaired) electrons. The van der Waals surface area contributed by atoms with Crippen molar-refractivity contribution >= 4 is 23.1 Å². The van der Waals surface area contributed by atoms with Gasteiger partial charge in [-0.1, -0.05) is 0 Å². The van der Waals surface area contributed by atoms with Crippen LogP contribution in [0.25, 0.3) is 0 Å². The summed E-state index contributed by atoms with van der Waals surface area (Å²) in [5.41, 5.74) is 8.72. The Labute approximate surface area is 144 Å². The van der Waals surface area contributed by atoms with Gasteiger partial charge in [0.15, 0.2) is 0 Å². The summed E-state index contributed by atoms with van der Waals surface area (Å²) >= 11 is 1.63. The number of nitrogens with two attached hydrogens (primary N) is 1. The van der Waals surface area contributed by atoms with Crippen LogP contribution in [-0.2, 0) is 6.54 Å². The number of anilines is 2. The van der Waals surface area contributed by atoms with E-state index in [2.05, 4.69) is 34.8 Å². The van der Waals surface area contributed by atoms with Gasteiger partial charge in [-0.05, 0) is 18.9 Å². The van der Waals surface area contributed by atoms with E-state index in [-0.39, 0.29) is 0 Å². The average molecular weight is 341 g/mol. The first-order valence-electron chi connectivity index (χ1n) is 8.01. The van der Waals surface area contributed by atoms with Crippen LogP contribution in [0.5, 0.6) is 0 Å². The Morgan fingerprint density at radius 1 is 1.17 bits per heavy atom. The Morgan fingerprint density at radius 3 is 2.79 bits per heavy atom. The third-order valence-electron chi connectivity index (χ3n) is 4.37. The van der Waals surface area contributed by atoms with Crippen molar-refractivity contribution < 1.29 is 0 Å². The maximum absolute atomic E-state index is 5.76. The normalized spacial score (nSPS) is 15.8. The molecule has 4 rings (SSSR count). The molecule has 0 aromatic carbocycles. The lowest BCUT2D eigenvalue weighted by molar-refractivity contribution is 0.465. The van der Waals surface area contributed by atoms with Gasteiger partial charge in [-0.3, -0.25) is 0 Å². The molecule has 0 bridgehead atoms. The van der Waals surface area contributed by atoms with Crippen LogP contribution in [0.4, 0.5) is 11.8 Å². The molecule has 124 valence electrons. The summed E-state index contributed by atoms with van der Waals surface area (Å²) in [4.78, 5) is 19.8. The second-order valence-corrected chi connectivity index (χ2v) is 6.65. The number of aromatic nitrogens is 5. The quantitative estimate of drug-likeness (QED) is 0.782. The molecule has 3 aromatic rings. The molecule has 24 heavy (non-hydrogen) atoms. The predicted octanol–water partition coefficient (Wildman–Crippen LogP) is 2.14. The van der Waals surface area contributed by atoms with E-state index < -0.39 is 0 Å². The summed E-state index contributed by atoms with van der Waals surface area (Å²) < 4.78 is 2.21. The SMILES string of the molecule is Nc1ccnc(N2CCC(c3nccn3Cc3cscn3)CC2)n1. The summed E-state index contributed by atoms with van der Waals surface area (Å²) in [6.45, 7) is 2.62. The van der Waals surface area contributed by atoms with Gasteiger partial charge in [0.25, 0.3) is 0 Å². The van der Waals surface area contributed by atoms with Crippen molar-refractivity contribution in [2.45, 2.75) is 25.3 Å². The third kappa shape index (κ3) is 3.09. The van der Waals surface area contributed by atoms with Crippen molar-refractivity contribution in [3.8, 4) is 0 Å². The van der Waals surface area contributed by atoms with Gasteiger partial charge in [-0.15, -0.1) is 11.3 Å². The number of hydrogen-bond donors (Lipinski definition) is 1. The molecule has 4 heterocycles. The smallest absolute Gasteiger partial charge is 0.227 e. The van der Waals surface area contributed by atoms with E-state index >= 15 is 0 Å². The number of nitrogen functional groups attached to an aromatic ring is 1. The van der Waals surface area contributed by atoms with Crippen LogP contribution in [0.3, 0.4) is 0 Å². The lowest BCUT2D eigenvalue weighted by Crippen LogP contribution is -2.35. The largest absolute Gasteiger partial charge is 0.384 e. The Kier molecular flexibility index (Phi) is 4.12. The zero-order valence-corrected chi connectivity index (χ0v) is 14.1. The van der Waals surface area contributed by atoms with Crippen LogP contribution in [0, 0.1) is 0 Å². The van der Waals surface area contributed by atoms with Crippen LogP contribution in [0.1, 0.15) is 30.3 Å². The fourth-order valence-electron chi connectivity index (χ4n) is 3.16. The van der Waals surface area contributed by atoms with E-state index in [0.29, 0.717) is 11.7 Å². The lowest BCUT2D eigenvalue weighted by Gasteiger charge is -2.31. The van der Waals surface area contributed by atoms with Gasteiger partial charge in [-0.25, -0.2) is 15.0 Å². The van der Waals surface area contributed by atoms with Gasteiger partial charge >= 0.3 is 0 Å². The zero-order chi connectivity index (χ0) is 16.4. The second kappa shape index (κ2) is 6.56. The van der Waals surface area contributed by atoms with Gasteiger partial charge in [-0.2, -0.15) is 4.98 Å². The molecule has 0 amide bonds. The summed E-state index contributed by atoms with van der Waals surface area (Å²) in [5.74, 6) is 2.84. The van der Waals surface area contributed by atoms with Crippen molar-refractivity contribution in [2.24, 2.45) is 0 Å². The predicted molar refractivity (Wildman–Crippen MR) is 94.1 cm³/mol. The molecular weight excluding hydrogens is 322 g/mol. The lowest BCUT2D eigenvalue weighted by atomic mass is 9.96. The fraction of sp³-hybridized carbons (Fsp3) is 0.375. The van der Waals surface area contributed by atoms with Crippen molar-refractivity contribution in [1.29, 1.82) is 0 Å². The van der Waals surface area contributed by atoms with Gasteiger partial charge in [0.2, 0.25) is 5.95 Å². The average Bonchev–Trinajstić information content (AvgIpc) is 3.27. The van der Waals surface area contributed by atoms with E-state index in [1.54, 1.807) is 23.6 Å². The van der Waals surface area contributed by atoms with Crippen LogP contribution in [-0.4, -0.2) is 37.6 Å². The maximum atomic E-state index is 5.76. The minimum atomic E-state index is 0.455. The molecule has 0 atom stereocenters. The minimum absolute atomic E-state index is 0.455. The van der Waals surface area contributed by atoms with E-state index in [0.717, 1.165) is 49.9 Å². The Balaban J connectivity index is 1.44. The molecule has 2 N–H and O–H groups in total. The summed E-state index contributed by atoms with van der Waals surface area (Å²) in [6.07, 6.45) is 7.71. The fourth-order valence-corrected chi connectivity index (χ4v) is 3.71.